The first-order chi connectivity index (χ1) is 10.9. The maximum absolute atomic E-state index is 12.3. The van der Waals surface area contributed by atoms with Gasteiger partial charge in [0.15, 0.2) is 0 Å². The standard InChI is InChI=1S/C16H25N3O3S/c1-3-10-23(21,22)19-14-6-4-13(5-7-14)16(20)18-15-11-17-9-8-12(15)2/h4-7,12,15,17,19H,3,8-11H2,1-2H3,(H,18,20). The monoisotopic (exact) mass is 339 g/mol. The molecular weight excluding hydrogens is 314 g/mol. The Balaban J connectivity index is 1.97. The summed E-state index contributed by atoms with van der Waals surface area (Å²) < 4.78 is 25.9. The molecule has 1 aromatic rings. The number of benzene rings is 1. The fourth-order valence-electron chi connectivity index (χ4n) is 2.62. The smallest absolute Gasteiger partial charge is 0.251 e. The Bertz CT molecular complexity index is 628. The molecule has 2 atom stereocenters. The van der Waals surface area contributed by atoms with Gasteiger partial charge in [-0.15, -0.1) is 0 Å². The lowest BCUT2D eigenvalue weighted by molar-refractivity contribution is 0.0915. The van der Waals surface area contributed by atoms with E-state index in [2.05, 4.69) is 22.3 Å². The predicted molar refractivity (Wildman–Crippen MR) is 92.0 cm³/mol. The highest BCUT2D eigenvalue weighted by atomic mass is 32.2. The van der Waals surface area contributed by atoms with Crippen LogP contribution in [0.25, 0.3) is 0 Å². The molecule has 0 radical (unpaired) electrons. The van der Waals surface area contributed by atoms with Gasteiger partial charge in [0.25, 0.3) is 5.91 Å². The first-order valence-electron chi connectivity index (χ1n) is 8.03. The van der Waals surface area contributed by atoms with Gasteiger partial charge in [0.05, 0.1) is 5.75 Å². The van der Waals surface area contributed by atoms with Gasteiger partial charge in [-0.1, -0.05) is 13.8 Å². The van der Waals surface area contributed by atoms with Crippen LogP contribution in [0.3, 0.4) is 0 Å². The molecule has 7 heteroatoms. The molecule has 1 aliphatic rings. The number of hydrogen-bond donors (Lipinski definition) is 3. The van der Waals surface area contributed by atoms with E-state index in [9.17, 15) is 13.2 Å². The Labute approximate surface area is 138 Å². The first kappa shape index (κ1) is 17.7. The summed E-state index contributed by atoms with van der Waals surface area (Å²) in [5, 5.41) is 6.31. The van der Waals surface area contributed by atoms with Gasteiger partial charge in [-0.3, -0.25) is 9.52 Å². The van der Waals surface area contributed by atoms with E-state index in [0.717, 1.165) is 19.5 Å². The van der Waals surface area contributed by atoms with Crippen molar-refractivity contribution in [1.82, 2.24) is 10.6 Å². The third kappa shape index (κ3) is 5.21. The van der Waals surface area contributed by atoms with Gasteiger partial charge >= 0.3 is 0 Å². The fraction of sp³-hybridized carbons (Fsp3) is 0.562. The van der Waals surface area contributed by atoms with Crippen LogP contribution in [0.5, 0.6) is 0 Å². The van der Waals surface area contributed by atoms with Crippen LogP contribution < -0.4 is 15.4 Å². The molecule has 0 aromatic heterocycles. The summed E-state index contributed by atoms with van der Waals surface area (Å²) in [7, 11) is -3.31. The van der Waals surface area contributed by atoms with Gasteiger partial charge in [0, 0.05) is 23.8 Å². The Morgan fingerprint density at radius 2 is 2.00 bits per heavy atom. The van der Waals surface area contributed by atoms with E-state index in [1.807, 2.05) is 6.92 Å². The first-order valence-corrected chi connectivity index (χ1v) is 9.68. The van der Waals surface area contributed by atoms with Crippen molar-refractivity contribution in [2.24, 2.45) is 5.92 Å². The molecule has 23 heavy (non-hydrogen) atoms. The zero-order chi connectivity index (χ0) is 16.9. The van der Waals surface area contributed by atoms with Crippen molar-refractivity contribution in [2.75, 3.05) is 23.6 Å². The summed E-state index contributed by atoms with van der Waals surface area (Å²) >= 11 is 0. The molecule has 6 nitrogen and oxygen atoms in total. The minimum Gasteiger partial charge on any atom is -0.348 e. The molecule has 2 rings (SSSR count). The maximum atomic E-state index is 12.3. The van der Waals surface area contributed by atoms with E-state index in [1.54, 1.807) is 24.3 Å². The number of hydrogen-bond acceptors (Lipinski definition) is 4. The second-order valence-electron chi connectivity index (χ2n) is 6.05. The van der Waals surface area contributed by atoms with E-state index >= 15 is 0 Å². The molecule has 1 aliphatic heterocycles. The van der Waals surface area contributed by atoms with Crippen LogP contribution in [0.15, 0.2) is 24.3 Å². The van der Waals surface area contributed by atoms with Gasteiger partial charge in [-0.25, -0.2) is 8.42 Å². The number of sulfonamides is 1. The lowest BCUT2D eigenvalue weighted by Gasteiger charge is -2.30. The van der Waals surface area contributed by atoms with E-state index < -0.39 is 10.0 Å². The van der Waals surface area contributed by atoms with Crippen molar-refractivity contribution < 1.29 is 13.2 Å². The second-order valence-corrected chi connectivity index (χ2v) is 7.89. The highest BCUT2D eigenvalue weighted by Gasteiger charge is 2.23. The second kappa shape index (κ2) is 7.79. The highest BCUT2D eigenvalue weighted by molar-refractivity contribution is 7.92. The van der Waals surface area contributed by atoms with Gasteiger partial charge in [-0.05, 0) is 49.6 Å². The lowest BCUT2D eigenvalue weighted by atomic mass is 9.94. The van der Waals surface area contributed by atoms with Crippen LogP contribution in [-0.4, -0.2) is 39.2 Å². The molecule has 1 fully saturated rings. The number of carbonyl (C=O) groups excluding carboxylic acids is 1. The Hall–Kier alpha value is -1.60. The highest BCUT2D eigenvalue weighted by Crippen LogP contribution is 2.14. The summed E-state index contributed by atoms with van der Waals surface area (Å²) in [4.78, 5) is 12.3. The minimum atomic E-state index is -3.31. The predicted octanol–water partition coefficient (Wildman–Crippen LogP) is 1.57. The van der Waals surface area contributed by atoms with E-state index in [-0.39, 0.29) is 17.7 Å². The minimum absolute atomic E-state index is 0.0851. The molecule has 1 heterocycles. The van der Waals surface area contributed by atoms with E-state index in [0.29, 0.717) is 23.6 Å². The third-order valence-corrected chi connectivity index (χ3v) is 5.53. The number of anilines is 1. The molecule has 1 amide bonds. The Kier molecular flexibility index (Phi) is 6.01. The zero-order valence-corrected chi connectivity index (χ0v) is 14.4. The molecule has 1 saturated heterocycles. The van der Waals surface area contributed by atoms with E-state index in [4.69, 9.17) is 0 Å². The fourth-order valence-corrected chi connectivity index (χ4v) is 3.76. The molecule has 0 saturated carbocycles. The van der Waals surface area contributed by atoms with Gasteiger partial charge in [-0.2, -0.15) is 0 Å². The molecular formula is C16H25N3O3S. The maximum Gasteiger partial charge on any atom is 0.251 e. The third-order valence-electron chi connectivity index (χ3n) is 4.04. The van der Waals surface area contributed by atoms with E-state index in [1.165, 1.54) is 0 Å². The largest absolute Gasteiger partial charge is 0.348 e. The SMILES string of the molecule is CCCS(=O)(=O)Nc1ccc(C(=O)NC2CNCCC2C)cc1. The van der Waals surface area contributed by atoms with Crippen molar-refractivity contribution in [3.8, 4) is 0 Å². The van der Waals surface area contributed by atoms with Crippen LogP contribution in [0.2, 0.25) is 0 Å². The average Bonchev–Trinajstić information content (AvgIpc) is 2.49. The number of nitrogens with one attached hydrogen (secondary N) is 3. The number of amides is 1. The van der Waals surface area contributed by atoms with Crippen molar-refractivity contribution in [1.29, 1.82) is 0 Å². The summed E-state index contributed by atoms with van der Waals surface area (Å²) in [5.74, 6) is 0.399. The average molecular weight is 339 g/mol. The number of carbonyl (C=O) groups is 1. The molecule has 0 aliphatic carbocycles. The van der Waals surface area contributed by atoms with Crippen molar-refractivity contribution in [2.45, 2.75) is 32.7 Å². The molecule has 128 valence electrons. The van der Waals surface area contributed by atoms with Gasteiger partial charge in [0.2, 0.25) is 10.0 Å². The van der Waals surface area contributed by atoms with Crippen molar-refractivity contribution in [3.63, 3.8) is 0 Å². The topological polar surface area (TPSA) is 87.3 Å². The molecule has 0 bridgehead atoms. The summed E-state index contributed by atoms with van der Waals surface area (Å²) in [6, 6.07) is 6.63. The summed E-state index contributed by atoms with van der Waals surface area (Å²) in [5.41, 5.74) is 1.00. The Morgan fingerprint density at radius 3 is 2.61 bits per heavy atom. The van der Waals surface area contributed by atoms with Crippen molar-refractivity contribution >= 4 is 21.6 Å². The number of rotatable bonds is 6. The van der Waals surface area contributed by atoms with Crippen molar-refractivity contribution in [3.05, 3.63) is 29.8 Å². The van der Waals surface area contributed by atoms with Gasteiger partial charge in [0.1, 0.15) is 0 Å². The Morgan fingerprint density at radius 1 is 1.30 bits per heavy atom. The molecule has 1 aromatic carbocycles. The summed E-state index contributed by atoms with van der Waals surface area (Å²) in [6.45, 7) is 5.72. The van der Waals surface area contributed by atoms with Crippen LogP contribution in [-0.2, 0) is 10.0 Å². The summed E-state index contributed by atoms with van der Waals surface area (Å²) in [6.07, 6.45) is 1.60. The quantitative estimate of drug-likeness (QED) is 0.734. The zero-order valence-electron chi connectivity index (χ0n) is 13.6. The number of piperidine rings is 1. The molecule has 2 unspecified atom stereocenters. The van der Waals surface area contributed by atoms with Gasteiger partial charge < -0.3 is 10.6 Å². The molecule has 0 spiro atoms. The van der Waals surface area contributed by atoms with Crippen LogP contribution in [0, 0.1) is 5.92 Å². The van der Waals surface area contributed by atoms with Crippen LogP contribution >= 0.6 is 0 Å². The lowest BCUT2D eigenvalue weighted by Crippen LogP contribution is -2.50. The van der Waals surface area contributed by atoms with Crippen LogP contribution in [0.4, 0.5) is 5.69 Å². The molecule has 3 N–H and O–H groups in total. The van der Waals surface area contributed by atoms with Crippen LogP contribution in [0.1, 0.15) is 37.0 Å². The normalized spacial score (nSPS) is 21.7.